The molecule has 0 bridgehead atoms. The Morgan fingerprint density at radius 3 is 2.76 bits per heavy atom. The first-order valence-electron chi connectivity index (χ1n) is 10.1. The third-order valence-corrected chi connectivity index (χ3v) is 5.27. The zero-order valence-corrected chi connectivity index (χ0v) is 17.4. The predicted octanol–water partition coefficient (Wildman–Crippen LogP) is 3.17. The Kier molecular flexibility index (Phi) is 6.76. The molecule has 0 spiro atoms. The van der Waals surface area contributed by atoms with Crippen LogP contribution in [0.4, 0.5) is 0 Å². The van der Waals surface area contributed by atoms with Gasteiger partial charge in [0.2, 0.25) is 5.91 Å². The normalized spacial score (nSPS) is 12.5. The second-order valence-corrected chi connectivity index (χ2v) is 7.17. The van der Waals surface area contributed by atoms with E-state index in [4.69, 9.17) is 14.7 Å². The summed E-state index contributed by atoms with van der Waals surface area (Å²) in [7, 11) is 0. The highest BCUT2D eigenvalue weighted by Crippen LogP contribution is 2.31. The van der Waals surface area contributed by atoms with Crippen LogP contribution in [-0.4, -0.2) is 40.3 Å². The number of amides is 1. The molecule has 0 fully saturated rings. The van der Waals surface area contributed by atoms with Crippen molar-refractivity contribution in [3.63, 3.8) is 0 Å². The van der Waals surface area contributed by atoms with Crippen molar-refractivity contribution >= 4 is 5.91 Å². The van der Waals surface area contributed by atoms with Crippen LogP contribution in [0.5, 0.6) is 11.5 Å². The smallest absolute Gasteiger partial charge is 0.223 e. The van der Waals surface area contributed by atoms with Crippen molar-refractivity contribution in [2.24, 2.45) is 0 Å². The number of aryl methyl sites for hydroxylation is 2. The molecule has 0 saturated heterocycles. The van der Waals surface area contributed by atoms with Gasteiger partial charge in [-0.1, -0.05) is 6.07 Å². The van der Waals surface area contributed by atoms with Crippen LogP contribution in [0.3, 0.4) is 0 Å². The van der Waals surface area contributed by atoms with Gasteiger partial charge in [-0.2, -0.15) is 10.4 Å². The van der Waals surface area contributed by atoms with Crippen LogP contribution in [0.1, 0.15) is 42.3 Å². The van der Waals surface area contributed by atoms with Gasteiger partial charge in [0.25, 0.3) is 0 Å². The minimum absolute atomic E-state index is 0.117. The average Bonchev–Trinajstić information content (AvgIpc) is 3.01. The second-order valence-electron chi connectivity index (χ2n) is 7.17. The van der Waals surface area contributed by atoms with E-state index in [1.54, 1.807) is 0 Å². The zero-order chi connectivity index (χ0) is 20.8. The molecular weight excluding hydrogens is 368 g/mol. The van der Waals surface area contributed by atoms with E-state index in [2.05, 4.69) is 11.2 Å². The van der Waals surface area contributed by atoms with Crippen LogP contribution >= 0.6 is 0 Å². The molecule has 0 aliphatic carbocycles. The van der Waals surface area contributed by atoms with E-state index in [0.717, 1.165) is 34.0 Å². The molecule has 7 heteroatoms. The molecule has 1 aliphatic heterocycles. The maximum atomic E-state index is 12.8. The monoisotopic (exact) mass is 396 g/mol. The molecule has 29 heavy (non-hydrogen) atoms. The number of carbonyl (C=O) groups excluding carboxylic acids is 1. The number of hydrogen-bond acceptors (Lipinski definition) is 5. The molecule has 1 amide bonds. The van der Waals surface area contributed by atoms with E-state index in [1.807, 2.05) is 48.6 Å². The summed E-state index contributed by atoms with van der Waals surface area (Å²) in [5.74, 6) is 1.62. The first kappa shape index (κ1) is 20.7. The second kappa shape index (κ2) is 9.46. The molecule has 0 atom stereocenters. The minimum atomic E-state index is 0.117. The fourth-order valence-corrected chi connectivity index (χ4v) is 3.64. The molecule has 2 aromatic rings. The Balaban J connectivity index is 1.62. The summed E-state index contributed by atoms with van der Waals surface area (Å²) >= 11 is 0. The number of fused-ring (bicyclic) bond motifs is 1. The summed E-state index contributed by atoms with van der Waals surface area (Å²) < 4.78 is 13.1. The summed E-state index contributed by atoms with van der Waals surface area (Å²) in [6.45, 7) is 8.85. The van der Waals surface area contributed by atoms with Gasteiger partial charge in [-0.25, -0.2) is 0 Å². The fraction of sp³-hybridized carbons (Fsp3) is 0.500. The average molecular weight is 396 g/mol. The van der Waals surface area contributed by atoms with Crippen molar-refractivity contribution in [2.75, 3.05) is 19.8 Å². The Morgan fingerprint density at radius 1 is 1.28 bits per heavy atom. The molecule has 2 heterocycles. The van der Waals surface area contributed by atoms with Gasteiger partial charge in [-0.05, 0) is 50.5 Å². The van der Waals surface area contributed by atoms with Crippen LogP contribution in [0.15, 0.2) is 18.2 Å². The van der Waals surface area contributed by atoms with Crippen LogP contribution < -0.4 is 9.47 Å². The standard InChI is InChI=1S/C22H28N4O3/c1-4-25(15-18-6-8-20-21(14-18)29-13-12-28-20)22(27)9-7-19-16(2)24-26(17(19)3)11-5-10-23/h6,8,14H,4-5,7,9,11-13,15H2,1-3H3. The molecule has 1 aliphatic rings. The topological polar surface area (TPSA) is 80.4 Å². The van der Waals surface area contributed by atoms with Crippen molar-refractivity contribution in [2.45, 2.75) is 53.1 Å². The molecule has 0 unspecified atom stereocenters. The largest absolute Gasteiger partial charge is 0.486 e. The van der Waals surface area contributed by atoms with Crippen molar-refractivity contribution in [3.8, 4) is 17.6 Å². The van der Waals surface area contributed by atoms with Crippen LogP contribution in [0.2, 0.25) is 0 Å². The number of rotatable bonds is 8. The molecule has 154 valence electrons. The van der Waals surface area contributed by atoms with Crippen molar-refractivity contribution in [1.29, 1.82) is 5.26 Å². The molecule has 3 rings (SSSR count). The first-order chi connectivity index (χ1) is 14.0. The lowest BCUT2D eigenvalue weighted by Gasteiger charge is -2.23. The third-order valence-electron chi connectivity index (χ3n) is 5.27. The lowest BCUT2D eigenvalue weighted by Crippen LogP contribution is -2.30. The van der Waals surface area contributed by atoms with Gasteiger partial charge in [0.05, 0.1) is 24.7 Å². The van der Waals surface area contributed by atoms with Crippen molar-refractivity contribution < 1.29 is 14.3 Å². The molecule has 1 aromatic carbocycles. The van der Waals surface area contributed by atoms with Crippen LogP contribution in [0, 0.1) is 25.2 Å². The molecule has 7 nitrogen and oxygen atoms in total. The third kappa shape index (κ3) is 4.89. The summed E-state index contributed by atoms with van der Waals surface area (Å²) in [5, 5.41) is 13.3. The van der Waals surface area contributed by atoms with Gasteiger partial charge < -0.3 is 14.4 Å². The van der Waals surface area contributed by atoms with Gasteiger partial charge in [0, 0.05) is 25.2 Å². The van der Waals surface area contributed by atoms with Crippen molar-refractivity contribution in [3.05, 3.63) is 40.7 Å². The number of aromatic nitrogens is 2. The molecule has 0 N–H and O–H groups in total. The maximum absolute atomic E-state index is 12.8. The molecule has 0 saturated carbocycles. The van der Waals surface area contributed by atoms with Crippen LogP contribution in [0.25, 0.3) is 0 Å². The van der Waals surface area contributed by atoms with Crippen molar-refractivity contribution in [1.82, 2.24) is 14.7 Å². The lowest BCUT2D eigenvalue weighted by molar-refractivity contribution is -0.131. The molecule has 0 radical (unpaired) electrons. The SMILES string of the molecule is CCN(Cc1ccc2c(c1)OCCO2)C(=O)CCc1c(C)nn(CCC#N)c1C. The predicted molar refractivity (Wildman–Crippen MR) is 109 cm³/mol. The quantitative estimate of drug-likeness (QED) is 0.685. The highest BCUT2D eigenvalue weighted by atomic mass is 16.6. The lowest BCUT2D eigenvalue weighted by atomic mass is 10.1. The zero-order valence-electron chi connectivity index (χ0n) is 17.4. The van der Waals surface area contributed by atoms with Gasteiger partial charge >= 0.3 is 0 Å². The number of ether oxygens (including phenoxy) is 2. The Labute approximate surface area is 171 Å². The van der Waals surface area contributed by atoms with E-state index < -0.39 is 0 Å². The summed E-state index contributed by atoms with van der Waals surface area (Å²) in [4.78, 5) is 14.7. The number of nitriles is 1. The van der Waals surface area contributed by atoms with E-state index >= 15 is 0 Å². The fourth-order valence-electron chi connectivity index (χ4n) is 3.64. The van der Waals surface area contributed by atoms with Crippen LogP contribution in [-0.2, 0) is 24.3 Å². The summed E-state index contributed by atoms with van der Waals surface area (Å²) in [6.07, 6.45) is 1.52. The molecular formula is C22H28N4O3. The van der Waals surface area contributed by atoms with Gasteiger partial charge in [-0.3, -0.25) is 9.48 Å². The van der Waals surface area contributed by atoms with Gasteiger partial charge in [-0.15, -0.1) is 0 Å². The van der Waals surface area contributed by atoms with E-state index in [0.29, 0.717) is 52.1 Å². The van der Waals surface area contributed by atoms with E-state index in [-0.39, 0.29) is 5.91 Å². The van der Waals surface area contributed by atoms with E-state index in [1.165, 1.54) is 0 Å². The van der Waals surface area contributed by atoms with E-state index in [9.17, 15) is 4.79 Å². The number of carbonyl (C=O) groups is 1. The highest BCUT2D eigenvalue weighted by molar-refractivity contribution is 5.76. The number of benzene rings is 1. The Morgan fingerprint density at radius 2 is 2.03 bits per heavy atom. The first-order valence-corrected chi connectivity index (χ1v) is 10.1. The maximum Gasteiger partial charge on any atom is 0.223 e. The minimum Gasteiger partial charge on any atom is -0.486 e. The van der Waals surface area contributed by atoms with Gasteiger partial charge in [0.15, 0.2) is 11.5 Å². The number of nitrogens with zero attached hydrogens (tertiary/aromatic N) is 4. The Hall–Kier alpha value is -3.01. The summed E-state index contributed by atoms with van der Waals surface area (Å²) in [5.41, 5.74) is 4.11. The van der Waals surface area contributed by atoms with Gasteiger partial charge in [0.1, 0.15) is 13.2 Å². The number of hydrogen-bond donors (Lipinski definition) is 0. The molecule has 1 aromatic heterocycles. The Bertz CT molecular complexity index is 914. The summed E-state index contributed by atoms with van der Waals surface area (Å²) in [6, 6.07) is 8.00. The highest BCUT2D eigenvalue weighted by Gasteiger charge is 2.18.